The van der Waals surface area contributed by atoms with E-state index in [0.29, 0.717) is 56.1 Å². The number of carboxylic acid groups (broad SMARTS) is 1. The van der Waals surface area contributed by atoms with Crippen LogP contribution in [0.4, 0.5) is 18.0 Å². The highest BCUT2D eigenvalue weighted by molar-refractivity contribution is 7.91. The zero-order valence-electron chi connectivity index (χ0n) is 34.1. The topological polar surface area (TPSA) is 194 Å². The third-order valence-electron chi connectivity index (χ3n) is 12.5. The number of carbonyl (C=O) groups is 4. The van der Waals surface area contributed by atoms with Gasteiger partial charge >= 0.3 is 12.3 Å². The van der Waals surface area contributed by atoms with Crippen molar-refractivity contribution in [3.8, 4) is 17.5 Å². The van der Waals surface area contributed by atoms with Gasteiger partial charge in [-0.25, -0.2) is 13.2 Å². The number of nitrogens with zero attached hydrogens (tertiary/aromatic N) is 3. The van der Waals surface area contributed by atoms with Crippen LogP contribution in [0.2, 0.25) is 0 Å². The smallest absolute Gasteiger partial charge is 0.411 e. The van der Waals surface area contributed by atoms with E-state index in [9.17, 15) is 41.1 Å². The van der Waals surface area contributed by atoms with E-state index in [0.717, 1.165) is 4.90 Å². The molecule has 0 radical (unpaired) electrons. The number of pyridine rings is 1. The summed E-state index contributed by atoms with van der Waals surface area (Å²) in [5.74, 6) is -3.96. The highest BCUT2D eigenvalue weighted by Crippen LogP contribution is 2.48. The summed E-state index contributed by atoms with van der Waals surface area (Å²) in [5.41, 5.74) is -4.78. The van der Waals surface area contributed by atoms with E-state index in [1.165, 1.54) is 28.1 Å². The maximum atomic E-state index is 15.0. The number of hydrogen-bond acceptors (Lipinski definition) is 10. The van der Waals surface area contributed by atoms with Crippen LogP contribution < -0.4 is 24.2 Å². The van der Waals surface area contributed by atoms with Crippen LogP contribution in [0.5, 0.6) is 17.5 Å². The maximum absolute atomic E-state index is 15.0. The van der Waals surface area contributed by atoms with Gasteiger partial charge in [0.1, 0.15) is 35.0 Å². The van der Waals surface area contributed by atoms with Crippen molar-refractivity contribution in [2.24, 2.45) is 17.8 Å². The fraction of sp³-hybridized carbons (Fsp3) is 0.625. The highest BCUT2D eigenvalue weighted by Gasteiger charge is 2.64. The Labute approximate surface area is 341 Å². The normalized spacial score (nSPS) is 29.2. The lowest BCUT2D eigenvalue weighted by atomic mass is 9.85. The molecule has 1 aromatic carbocycles. The average Bonchev–Trinajstić information content (AvgIpc) is 4.03. The van der Waals surface area contributed by atoms with E-state index in [2.05, 4.69) is 15.0 Å². The van der Waals surface area contributed by atoms with Crippen molar-refractivity contribution in [2.75, 3.05) is 20.8 Å². The summed E-state index contributed by atoms with van der Waals surface area (Å²) in [5, 5.41) is 14.3. The van der Waals surface area contributed by atoms with Crippen molar-refractivity contribution in [1.82, 2.24) is 24.8 Å². The number of allylic oxidation sites excluding steroid dienone is 1. The van der Waals surface area contributed by atoms with Gasteiger partial charge in [0.05, 0.1) is 25.5 Å². The van der Waals surface area contributed by atoms with E-state index in [1.54, 1.807) is 36.4 Å². The first-order valence-corrected chi connectivity index (χ1v) is 21.1. The van der Waals surface area contributed by atoms with Gasteiger partial charge in [0.25, 0.3) is 5.91 Å². The quantitative estimate of drug-likeness (QED) is 0.282. The number of aromatic nitrogens is 1. The van der Waals surface area contributed by atoms with Gasteiger partial charge in [-0.1, -0.05) is 26.0 Å². The van der Waals surface area contributed by atoms with Crippen LogP contribution in [0.15, 0.2) is 36.4 Å². The van der Waals surface area contributed by atoms with E-state index in [4.69, 9.17) is 14.2 Å². The first kappa shape index (κ1) is 43.8. The number of alkyl halides is 3. The van der Waals surface area contributed by atoms with Crippen molar-refractivity contribution in [3.63, 3.8) is 0 Å². The second-order valence-corrected chi connectivity index (χ2v) is 19.4. The Kier molecular flexibility index (Phi) is 11.6. The lowest BCUT2D eigenvalue weighted by Crippen LogP contribution is -2.66. The SMILES string of the molecule is COc1ccc2c(O[C@@H]3C[C@H]4C(=O)N[C@]5(C(=O)NS(=O)(=O)C6(C)CC6)C[C@H]5/C=C\CC[C@H](C)C[C@@H](C)[C@H](N(C(=O)O)C(C)(C)C(F)(F)F)C(=O)N4C3)nc(OC)cc2c1. The summed E-state index contributed by atoms with van der Waals surface area (Å²) in [7, 11) is -1.24. The van der Waals surface area contributed by atoms with Crippen molar-refractivity contribution >= 4 is 44.6 Å². The molecule has 1 saturated heterocycles. The third-order valence-corrected chi connectivity index (χ3v) is 14.6. The number of methoxy groups -OCH3 is 2. The number of nitrogens with one attached hydrogen (secondary N) is 2. The van der Waals surface area contributed by atoms with Crippen molar-refractivity contribution in [3.05, 3.63) is 36.4 Å². The molecule has 4 aliphatic rings. The first-order chi connectivity index (χ1) is 27.5. The number of halogens is 3. The standard InChI is InChI=1S/C40H52F3N5O10S/c1-22-10-8-9-11-25-20-39(25,35(51)46-59(54,55)38(5)14-15-38)45-32(49)29-19-27(58-33-28-13-12-26(56-6)17-24(28)18-30(44-33)57-7)21-47(29)34(50)31(23(2)16-22)48(36(52)53)37(3,4)40(41,42)43/h9,11-13,17-18,22-23,25,27,29,31H,8,10,14-16,19-21H2,1-7H3,(H,45,49)(H,46,51)(H,52,53)/b11-9-/t22-,23+,25+,27+,29-,31-,39+/m0/s1. The van der Waals surface area contributed by atoms with Gasteiger partial charge in [-0.2, -0.15) is 18.2 Å². The molecule has 324 valence electrons. The molecule has 1 aromatic heterocycles. The molecular weight excluding hydrogens is 800 g/mol. The molecule has 19 heteroatoms. The van der Waals surface area contributed by atoms with Gasteiger partial charge in [0.2, 0.25) is 33.6 Å². The molecule has 3 heterocycles. The fourth-order valence-corrected chi connectivity index (χ4v) is 9.56. The number of sulfonamides is 1. The van der Waals surface area contributed by atoms with Crippen LogP contribution in [-0.4, -0.2) is 113 Å². The van der Waals surface area contributed by atoms with Crippen molar-refractivity contribution in [1.29, 1.82) is 0 Å². The zero-order chi connectivity index (χ0) is 43.5. The molecule has 0 unspecified atom stereocenters. The largest absolute Gasteiger partial charge is 0.497 e. The van der Waals surface area contributed by atoms with Gasteiger partial charge in [0.15, 0.2) is 0 Å². The lowest BCUT2D eigenvalue weighted by molar-refractivity contribution is -0.222. The van der Waals surface area contributed by atoms with Gasteiger partial charge < -0.3 is 29.5 Å². The summed E-state index contributed by atoms with van der Waals surface area (Å²) >= 11 is 0. The third kappa shape index (κ3) is 8.35. The second kappa shape index (κ2) is 15.7. The molecule has 6 rings (SSSR count). The van der Waals surface area contributed by atoms with E-state index < -0.39 is 85.9 Å². The summed E-state index contributed by atoms with van der Waals surface area (Å²) in [4.78, 5) is 62.1. The molecule has 2 saturated carbocycles. The number of ether oxygens (including phenoxy) is 3. The molecule has 2 aliphatic carbocycles. The molecule has 2 aliphatic heterocycles. The van der Waals surface area contributed by atoms with Gasteiger partial charge in [-0.3, -0.25) is 24.0 Å². The van der Waals surface area contributed by atoms with E-state index >= 15 is 4.79 Å². The molecule has 59 heavy (non-hydrogen) atoms. The summed E-state index contributed by atoms with van der Waals surface area (Å²) in [6.45, 7) is 5.86. The van der Waals surface area contributed by atoms with Crippen molar-refractivity contribution < 1.29 is 60.1 Å². The molecule has 3 fully saturated rings. The van der Waals surface area contributed by atoms with Crippen LogP contribution >= 0.6 is 0 Å². The minimum absolute atomic E-state index is 0.0405. The Morgan fingerprint density at radius 2 is 1.78 bits per heavy atom. The van der Waals surface area contributed by atoms with E-state index in [-0.39, 0.29) is 48.4 Å². The Balaban J connectivity index is 1.44. The summed E-state index contributed by atoms with van der Waals surface area (Å²) < 4.78 is 88.8. The van der Waals surface area contributed by atoms with Crippen LogP contribution in [0, 0.1) is 17.8 Å². The van der Waals surface area contributed by atoms with Crippen LogP contribution in [0.1, 0.15) is 79.6 Å². The predicted octanol–water partition coefficient (Wildman–Crippen LogP) is 5.18. The fourth-order valence-electron chi connectivity index (χ4n) is 8.24. The number of rotatable bonds is 9. The Morgan fingerprint density at radius 3 is 2.39 bits per heavy atom. The van der Waals surface area contributed by atoms with Gasteiger partial charge in [0, 0.05) is 23.8 Å². The predicted molar refractivity (Wildman–Crippen MR) is 208 cm³/mol. The van der Waals surface area contributed by atoms with Crippen LogP contribution in [-0.2, 0) is 24.4 Å². The summed E-state index contributed by atoms with van der Waals surface area (Å²) in [6, 6.07) is 3.30. The van der Waals surface area contributed by atoms with Crippen LogP contribution in [0.25, 0.3) is 10.8 Å². The molecular formula is C40H52F3N5O10S. The average molecular weight is 852 g/mol. The number of hydrogen-bond donors (Lipinski definition) is 3. The minimum atomic E-state index is -5.10. The number of carbonyl (C=O) groups excluding carboxylic acids is 3. The Morgan fingerprint density at radius 1 is 1.08 bits per heavy atom. The molecule has 7 atom stereocenters. The zero-order valence-corrected chi connectivity index (χ0v) is 34.9. The van der Waals surface area contributed by atoms with E-state index in [1.807, 2.05) is 6.92 Å². The molecule has 15 nitrogen and oxygen atoms in total. The second-order valence-electron chi connectivity index (χ2n) is 17.2. The van der Waals surface area contributed by atoms with Gasteiger partial charge in [-0.15, -0.1) is 0 Å². The minimum Gasteiger partial charge on any atom is -0.497 e. The molecule has 0 bridgehead atoms. The van der Waals surface area contributed by atoms with Gasteiger partial charge in [-0.05, 0) is 94.7 Å². The summed E-state index contributed by atoms with van der Waals surface area (Å²) in [6.07, 6.45) is -2.99. The number of amides is 4. The molecule has 0 spiro atoms. The number of benzene rings is 1. The van der Waals surface area contributed by atoms with Crippen LogP contribution in [0.3, 0.4) is 0 Å². The molecule has 3 N–H and O–H groups in total. The molecule has 4 amide bonds. The Hall–Kier alpha value is -4.81. The first-order valence-electron chi connectivity index (χ1n) is 19.6. The number of fused-ring (bicyclic) bond motifs is 3. The lowest BCUT2D eigenvalue weighted by Gasteiger charge is -2.45. The highest BCUT2D eigenvalue weighted by atomic mass is 32.2. The molecule has 2 aromatic rings. The monoisotopic (exact) mass is 851 g/mol. The maximum Gasteiger partial charge on any atom is 0.411 e. The van der Waals surface area contributed by atoms with Crippen molar-refractivity contribution in [2.45, 2.75) is 120 Å². The Bertz CT molecular complexity index is 2140.